The van der Waals surface area contributed by atoms with Gasteiger partial charge >= 0.3 is 17.9 Å². The van der Waals surface area contributed by atoms with Crippen LogP contribution in [0.2, 0.25) is 0 Å². The van der Waals surface area contributed by atoms with Gasteiger partial charge in [0.15, 0.2) is 6.10 Å². The van der Waals surface area contributed by atoms with Crippen molar-refractivity contribution in [2.75, 3.05) is 13.2 Å². The third-order valence-corrected chi connectivity index (χ3v) is 12.7. The monoisotopic (exact) mass is 1010 g/mol. The molecule has 416 valence electrons. The van der Waals surface area contributed by atoms with Crippen LogP contribution in [0.4, 0.5) is 0 Å². The van der Waals surface area contributed by atoms with Crippen LogP contribution in [-0.2, 0) is 28.6 Å². The molecule has 0 aromatic rings. The highest BCUT2D eigenvalue weighted by Gasteiger charge is 2.19. The number of ether oxygens (including phenoxy) is 3. The molecule has 0 fully saturated rings. The van der Waals surface area contributed by atoms with Gasteiger partial charge in [0.1, 0.15) is 13.2 Å². The molecule has 0 bridgehead atoms. The fourth-order valence-electron chi connectivity index (χ4n) is 8.24. The fourth-order valence-corrected chi connectivity index (χ4v) is 8.24. The minimum absolute atomic E-state index is 0.0948. The van der Waals surface area contributed by atoms with Crippen molar-refractivity contribution in [3.8, 4) is 0 Å². The van der Waals surface area contributed by atoms with Crippen molar-refractivity contribution in [2.45, 2.75) is 284 Å². The van der Waals surface area contributed by atoms with Crippen LogP contribution in [0.1, 0.15) is 278 Å². The summed E-state index contributed by atoms with van der Waals surface area (Å²) in [6.07, 6.45) is 82.3. The zero-order valence-electron chi connectivity index (χ0n) is 47.6. The van der Waals surface area contributed by atoms with E-state index in [-0.39, 0.29) is 31.1 Å². The normalized spacial score (nSPS) is 12.9. The summed E-state index contributed by atoms with van der Waals surface area (Å²) in [5.74, 6) is -0.936. The Balaban J connectivity index is 4.36. The van der Waals surface area contributed by atoms with Crippen LogP contribution in [0.15, 0.2) is 109 Å². The highest BCUT2D eigenvalue weighted by atomic mass is 16.6. The van der Waals surface area contributed by atoms with Crippen LogP contribution in [0.5, 0.6) is 0 Å². The molecule has 0 aliphatic carbocycles. The number of esters is 3. The third kappa shape index (κ3) is 58.8. The van der Waals surface area contributed by atoms with Gasteiger partial charge in [-0.15, -0.1) is 0 Å². The minimum atomic E-state index is -0.800. The molecule has 0 heterocycles. The SMILES string of the molecule is CC/C=C\C/C=C\C/C=C\CCCCCCCCCC(=O)OC(COC(=O)CCCCC/C=C\C/C=C\C/C=C\CC)COC(=O)CCCCCCCCCCCC/C=C\C/C=C\C/C=C\CCCCCCC. The van der Waals surface area contributed by atoms with Crippen LogP contribution >= 0.6 is 0 Å². The van der Waals surface area contributed by atoms with E-state index in [4.69, 9.17) is 14.2 Å². The van der Waals surface area contributed by atoms with Gasteiger partial charge in [0.25, 0.3) is 0 Å². The maximum Gasteiger partial charge on any atom is 0.306 e. The van der Waals surface area contributed by atoms with E-state index >= 15 is 0 Å². The van der Waals surface area contributed by atoms with Crippen LogP contribution in [0.3, 0.4) is 0 Å². The Labute approximate surface area is 450 Å². The average Bonchev–Trinajstić information content (AvgIpc) is 3.39. The van der Waals surface area contributed by atoms with Crippen molar-refractivity contribution in [1.82, 2.24) is 0 Å². The Bertz CT molecular complexity index is 1490. The maximum absolute atomic E-state index is 12.9. The van der Waals surface area contributed by atoms with Gasteiger partial charge in [0.05, 0.1) is 0 Å². The van der Waals surface area contributed by atoms with E-state index in [0.717, 1.165) is 122 Å². The molecule has 0 aliphatic heterocycles. The molecule has 0 aromatic heterocycles. The zero-order chi connectivity index (χ0) is 52.9. The van der Waals surface area contributed by atoms with Crippen LogP contribution in [-0.4, -0.2) is 37.2 Å². The van der Waals surface area contributed by atoms with Gasteiger partial charge in [-0.25, -0.2) is 0 Å². The van der Waals surface area contributed by atoms with Crippen molar-refractivity contribution >= 4 is 17.9 Å². The van der Waals surface area contributed by atoms with Crippen molar-refractivity contribution in [2.24, 2.45) is 0 Å². The lowest BCUT2D eigenvalue weighted by molar-refractivity contribution is -0.167. The first kappa shape index (κ1) is 69.1. The molecule has 0 saturated heterocycles. The molecule has 0 aliphatic rings. The van der Waals surface area contributed by atoms with Gasteiger partial charge < -0.3 is 14.2 Å². The largest absolute Gasteiger partial charge is 0.462 e. The molecule has 6 heteroatoms. The first-order valence-electron chi connectivity index (χ1n) is 30.4. The molecule has 0 rings (SSSR count). The van der Waals surface area contributed by atoms with E-state index in [2.05, 4.69) is 130 Å². The molecule has 1 atom stereocenters. The fraction of sp³-hybridized carbons (Fsp3) is 0.687. The van der Waals surface area contributed by atoms with E-state index in [1.807, 2.05) is 0 Å². The van der Waals surface area contributed by atoms with Crippen molar-refractivity contribution in [1.29, 1.82) is 0 Å². The smallest absolute Gasteiger partial charge is 0.306 e. The molecule has 0 amide bonds. The Morgan fingerprint density at radius 1 is 0.288 bits per heavy atom. The molecular formula is C67H112O6. The highest BCUT2D eigenvalue weighted by Crippen LogP contribution is 2.15. The van der Waals surface area contributed by atoms with Crippen molar-refractivity contribution in [3.05, 3.63) is 109 Å². The summed E-state index contributed by atoms with van der Waals surface area (Å²) in [6, 6.07) is 0. The number of hydrogen-bond donors (Lipinski definition) is 0. The van der Waals surface area contributed by atoms with E-state index in [9.17, 15) is 14.4 Å². The molecule has 6 nitrogen and oxygen atoms in total. The number of carbonyl (C=O) groups excluding carboxylic acids is 3. The second-order valence-corrected chi connectivity index (χ2v) is 19.8. The van der Waals surface area contributed by atoms with Crippen molar-refractivity contribution in [3.63, 3.8) is 0 Å². The predicted octanol–water partition coefficient (Wildman–Crippen LogP) is 20.7. The quantitative estimate of drug-likeness (QED) is 0.0261. The lowest BCUT2D eigenvalue weighted by Crippen LogP contribution is -2.30. The number of carbonyl (C=O) groups is 3. The molecule has 0 aromatic carbocycles. The lowest BCUT2D eigenvalue weighted by Gasteiger charge is -2.18. The average molecular weight is 1010 g/mol. The minimum Gasteiger partial charge on any atom is -0.462 e. The van der Waals surface area contributed by atoms with Gasteiger partial charge in [-0.2, -0.15) is 0 Å². The van der Waals surface area contributed by atoms with Crippen LogP contribution in [0.25, 0.3) is 0 Å². The van der Waals surface area contributed by atoms with E-state index in [0.29, 0.717) is 19.3 Å². The third-order valence-electron chi connectivity index (χ3n) is 12.7. The Morgan fingerprint density at radius 2 is 0.534 bits per heavy atom. The molecule has 0 radical (unpaired) electrons. The Kier molecular flexibility index (Phi) is 57.4. The van der Waals surface area contributed by atoms with Gasteiger partial charge in [-0.05, 0) is 122 Å². The Hall–Kier alpha value is -3.93. The number of unbranched alkanes of at least 4 members (excludes halogenated alkanes) is 25. The second-order valence-electron chi connectivity index (χ2n) is 19.8. The van der Waals surface area contributed by atoms with Gasteiger partial charge in [0, 0.05) is 19.3 Å². The molecule has 0 saturated carbocycles. The zero-order valence-corrected chi connectivity index (χ0v) is 47.6. The number of hydrogen-bond acceptors (Lipinski definition) is 6. The highest BCUT2D eigenvalue weighted by molar-refractivity contribution is 5.71. The molecular weight excluding hydrogens is 901 g/mol. The Morgan fingerprint density at radius 3 is 0.849 bits per heavy atom. The lowest BCUT2D eigenvalue weighted by atomic mass is 10.1. The summed E-state index contributed by atoms with van der Waals surface area (Å²) in [5.41, 5.74) is 0. The summed E-state index contributed by atoms with van der Waals surface area (Å²) in [7, 11) is 0. The molecule has 0 spiro atoms. The first-order chi connectivity index (χ1) is 36.0. The van der Waals surface area contributed by atoms with E-state index < -0.39 is 6.10 Å². The van der Waals surface area contributed by atoms with Crippen molar-refractivity contribution < 1.29 is 28.6 Å². The topological polar surface area (TPSA) is 78.9 Å². The summed E-state index contributed by atoms with van der Waals surface area (Å²) in [4.78, 5) is 38.2. The maximum atomic E-state index is 12.9. The van der Waals surface area contributed by atoms with E-state index in [1.165, 1.54) is 116 Å². The van der Waals surface area contributed by atoms with Gasteiger partial charge in [0.2, 0.25) is 0 Å². The summed E-state index contributed by atoms with van der Waals surface area (Å²) in [6.45, 7) is 6.38. The number of allylic oxidation sites excluding steroid dienone is 18. The van der Waals surface area contributed by atoms with Crippen LogP contribution < -0.4 is 0 Å². The van der Waals surface area contributed by atoms with Crippen LogP contribution in [0, 0.1) is 0 Å². The predicted molar refractivity (Wildman–Crippen MR) is 316 cm³/mol. The van der Waals surface area contributed by atoms with Gasteiger partial charge in [-0.1, -0.05) is 246 Å². The summed E-state index contributed by atoms with van der Waals surface area (Å²) < 4.78 is 16.9. The summed E-state index contributed by atoms with van der Waals surface area (Å²) >= 11 is 0. The summed E-state index contributed by atoms with van der Waals surface area (Å²) in [5, 5.41) is 0. The molecule has 0 N–H and O–H groups in total. The van der Waals surface area contributed by atoms with E-state index in [1.54, 1.807) is 0 Å². The second kappa shape index (κ2) is 60.6. The van der Waals surface area contributed by atoms with Gasteiger partial charge in [-0.3, -0.25) is 14.4 Å². The standard InChI is InChI=1S/C67H112O6/c1-4-7-10-13-16-19-22-25-27-29-30-31-32-33-34-35-36-38-39-42-45-48-51-54-57-60-66(69)72-63-64(62-71-65(68)59-56-53-50-47-44-41-24-21-18-15-12-9-6-3)73-67(70)61-58-55-52-49-46-43-40-37-28-26-23-20-17-14-11-8-5-2/h8-9,11-12,17-18,20-22,25-26,28-30,32-33,41,44,64H,4-7,10,13-16,19,23-24,27,31,34-40,42-43,45-63H2,1-3H3/b11-8-,12-9-,20-17-,21-18-,25-22-,28-26-,30-29-,33-32-,44-41-. The molecule has 1 unspecified atom stereocenters. The number of rotatable bonds is 54. The molecule has 73 heavy (non-hydrogen) atoms. The first-order valence-corrected chi connectivity index (χ1v) is 30.4.